The summed E-state index contributed by atoms with van der Waals surface area (Å²) in [6.07, 6.45) is 5.54. The Balaban J connectivity index is 1.41. The maximum Gasteiger partial charge on any atom is 0.228 e. The SMILES string of the molecule is Cc1nc(C2CCCN(C3CCOCC3)C2)nc2c1CCC(=O)N2Cc1ccc(F)cc1. The van der Waals surface area contributed by atoms with Gasteiger partial charge in [0.15, 0.2) is 0 Å². The second kappa shape index (κ2) is 9.24. The number of aromatic nitrogens is 2. The second-order valence-electron chi connectivity index (χ2n) is 9.25. The third-order valence-corrected chi connectivity index (χ3v) is 7.13. The van der Waals surface area contributed by atoms with Gasteiger partial charge in [0, 0.05) is 49.4 Å². The molecule has 6 nitrogen and oxygen atoms in total. The normalized spacial score (nSPS) is 22.8. The van der Waals surface area contributed by atoms with E-state index in [0.29, 0.717) is 25.4 Å². The van der Waals surface area contributed by atoms with Gasteiger partial charge in [-0.05, 0) is 63.3 Å². The van der Waals surface area contributed by atoms with E-state index in [9.17, 15) is 9.18 Å². The Kier molecular flexibility index (Phi) is 6.20. The Morgan fingerprint density at radius 2 is 1.88 bits per heavy atom. The molecule has 1 amide bonds. The van der Waals surface area contributed by atoms with Gasteiger partial charge in [-0.25, -0.2) is 14.4 Å². The molecule has 2 saturated heterocycles. The average Bonchev–Trinajstić information content (AvgIpc) is 2.83. The molecule has 7 heteroatoms. The first kappa shape index (κ1) is 21.5. The Morgan fingerprint density at radius 3 is 2.66 bits per heavy atom. The first-order valence-corrected chi connectivity index (χ1v) is 11.8. The highest BCUT2D eigenvalue weighted by Crippen LogP contribution is 2.34. The van der Waals surface area contributed by atoms with Crippen molar-refractivity contribution in [3.63, 3.8) is 0 Å². The van der Waals surface area contributed by atoms with E-state index >= 15 is 0 Å². The number of hydrogen-bond donors (Lipinski definition) is 0. The molecule has 2 aromatic rings. The zero-order chi connectivity index (χ0) is 22.1. The molecule has 5 rings (SSSR count). The first-order valence-electron chi connectivity index (χ1n) is 11.8. The summed E-state index contributed by atoms with van der Waals surface area (Å²) >= 11 is 0. The van der Waals surface area contributed by atoms with Crippen LogP contribution in [0.15, 0.2) is 24.3 Å². The highest BCUT2D eigenvalue weighted by atomic mass is 19.1. The predicted octanol–water partition coefficient (Wildman–Crippen LogP) is 3.76. The molecule has 3 aliphatic rings. The number of likely N-dealkylation sites (tertiary alicyclic amines) is 1. The zero-order valence-corrected chi connectivity index (χ0v) is 18.7. The molecule has 0 aliphatic carbocycles. The lowest BCUT2D eigenvalue weighted by Gasteiger charge is -2.39. The quantitative estimate of drug-likeness (QED) is 0.728. The van der Waals surface area contributed by atoms with Crippen LogP contribution in [0.5, 0.6) is 0 Å². The van der Waals surface area contributed by atoms with Gasteiger partial charge in [0.05, 0.1) is 6.54 Å². The van der Waals surface area contributed by atoms with Crippen molar-refractivity contribution < 1.29 is 13.9 Å². The molecule has 3 aliphatic heterocycles. The van der Waals surface area contributed by atoms with Crippen molar-refractivity contribution in [3.8, 4) is 0 Å². The molecule has 170 valence electrons. The molecule has 0 radical (unpaired) electrons. The summed E-state index contributed by atoms with van der Waals surface area (Å²) in [5.74, 6) is 1.68. The fourth-order valence-corrected chi connectivity index (χ4v) is 5.32. The highest BCUT2D eigenvalue weighted by Gasteiger charge is 2.32. The van der Waals surface area contributed by atoms with Gasteiger partial charge in [-0.1, -0.05) is 12.1 Å². The number of fused-ring (bicyclic) bond motifs is 1. The lowest BCUT2D eigenvalue weighted by atomic mass is 9.93. The highest BCUT2D eigenvalue weighted by molar-refractivity contribution is 5.95. The number of nitrogens with zero attached hydrogens (tertiary/aromatic N) is 4. The van der Waals surface area contributed by atoms with Crippen LogP contribution in [0.2, 0.25) is 0 Å². The predicted molar refractivity (Wildman–Crippen MR) is 120 cm³/mol. The number of aryl methyl sites for hydroxylation is 1. The van der Waals surface area contributed by atoms with Crippen LogP contribution in [0.4, 0.5) is 10.2 Å². The van der Waals surface area contributed by atoms with E-state index in [1.165, 1.54) is 12.1 Å². The summed E-state index contributed by atoms with van der Waals surface area (Å²) < 4.78 is 18.9. The molecule has 0 N–H and O–H groups in total. The van der Waals surface area contributed by atoms with E-state index < -0.39 is 0 Å². The summed E-state index contributed by atoms with van der Waals surface area (Å²) in [6, 6.07) is 6.93. The maximum absolute atomic E-state index is 13.3. The number of carbonyl (C=O) groups excluding carboxylic acids is 1. The molecule has 0 bridgehead atoms. The minimum absolute atomic E-state index is 0.0679. The van der Waals surface area contributed by atoms with Gasteiger partial charge in [0.2, 0.25) is 5.91 Å². The zero-order valence-electron chi connectivity index (χ0n) is 18.7. The van der Waals surface area contributed by atoms with Crippen LogP contribution < -0.4 is 4.90 Å². The third-order valence-electron chi connectivity index (χ3n) is 7.13. The number of anilines is 1. The Hall–Kier alpha value is -2.38. The van der Waals surface area contributed by atoms with Crippen molar-refractivity contribution in [2.45, 2.75) is 64.0 Å². The molecule has 32 heavy (non-hydrogen) atoms. The van der Waals surface area contributed by atoms with Gasteiger partial charge < -0.3 is 4.74 Å². The fraction of sp³-hybridized carbons (Fsp3) is 0.560. The fourth-order valence-electron chi connectivity index (χ4n) is 5.32. The van der Waals surface area contributed by atoms with Crippen molar-refractivity contribution in [3.05, 3.63) is 52.7 Å². The third kappa shape index (κ3) is 4.41. The van der Waals surface area contributed by atoms with Gasteiger partial charge >= 0.3 is 0 Å². The van der Waals surface area contributed by atoms with E-state index in [1.54, 1.807) is 17.0 Å². The van der Waals surface area contributed by atoms with E-state index in [0.717, 1.165) is 80.4 Å². The van der Waals surface area contributed by atoms with Gasteiger partial charge in [-0.15, -0.1) is 0 Å². The number of ether oxygens (including phenoxy) is 1. The molecular weight excluding hydrogens is 407 g/mol. The number of hydrogen-bond acceptors (Lipinski definition) is 5. The monoisotopic (exact) mass is 438 g/mol. The van der Waals surface area contributed by atoms with Crippen LogP contribution in [0, 0.1) is 12.7 Å². The van der Waals surface area contributed by atoms with Crippen molar-refractivity contribution in [1.29, 1.82) is 0 Å². The smallest absolute Gasteiger partial charge is 0.228 e. The minimum Gasteiger partial charge on any atom is -0.381 e. The van der Waals surface area contributed by atoms with Crippen molar-refractivity contribution in [1.82, 2.24) is 14.9 Å². The summed E-state index contributed by atoms with van der Waals surface area (Å²) in [6.45, 7) is 6.23. The average molecular weight is 439 g/mol. The number of amides is 1. The van der Waals surface area contributed by atoms with Crippen molar-refractivity contribution >= 4 is 11.7 Å². The van der Waals surface area contributed by atoms with E-state index in [1.807, 2.05) is 6.92 Å². The Morgan fingerprint density at radius 1 is 1.09 bits per heavy atom. The molecule has 1 unspecified atom stereocenters. The van der Waals surface area contributed by atoms with Crippen LogP contribution in [-0.2, 0) is 22.5 Å². The molecule has 0 saturated carbocycles. The molecule has 0 spiro atoms. The Bertz CT molecular complexity index is 975. The molecule has 1 aromatic carbocycles. The molecule has 1 aromatic heterocycles. The van der Waals surface area contributed by atoms with Crippen molar-refractivity contribution in [2.75, 3.05) is 31.2 Å². The van der Waals surface area contributed by atoms with E-state index in [2.05, 4.69) is 4.90 Å². The van der Waals surface area contributed by atoms with Gasteiger partial charge in [0.25, 0.3) is 0 Å². The molecule has 4 heterocycles. The summed E-state index contributed by atoms with van der Waals surface area (Å²) in [7, 11) is 0. The summed E-state index contributed by atoms with van der Waals surface area (Å²) in [5, 5.41) is 0. The topological polar surface area (TPSA) is 58.6 Å². The second-order valence-corrected chi connectivity index (χ2v) is 9.25. The van der Waals surface area contributed by atoms with Crippen molar-refractivity contribution in [2.24, 2.45) is 0 Å². The van der Waals surface area contributed by atoms with E-state index in [-0.39, 0.29) is 17.6 Å². The van der Waals surface area contributed by atoms with Crippen LogP contribution in [0.1, 0.15) is 60.7 Å². The maximum atomic E-state index is 13.3. The molecule has 1 atom stereocenters. The number of piperidine rings is 1. The van der Waals surface area contributed by atoms with Gasteiger partial charge in [-0.3, -0.25) is 14.6 Å². The lowest BCUT2D eigenvalue weighted by molar-refractivity contribution is -0.119. The van der Waals surface area contributed by atoms with Crippen LogP contribution in [-0.4, -0.2) is 53.1 Å². The lowest BCUT2D eigenvalue weighted by Crippen LogP contribution is -2.45. The van der Waals surface area contributed by atoms with Gasteiger partial charge in [0.1, 0.15) is 17.5 Å². The molecule has 2 fully saturated rings. The number of halogens is 1. The standard InChI is InChI=1S/C25H31FN4O2/c1-17-22-8-9-23(31)30(15-18-4-6-20(26)7-5-18)25(22)28-24(27-17)19-3-2-12-29(16-19)21-10-13-32-14-11-21/h4-7,19,21H,2-3,8-16H2,1H3. The molecular formula is C25H31FN4O2. The minimum atomic E-state index is -0.272. The summed E-state index contributed by atoms with van der Waals surface area (Å²) in [4.78, 5) is 27.1. The van der Waals surface area contributed by atoms with Crippen LogP contribution in [0.3, 0.4) is 0 Å². The number of carbonyl (C=O) groups is 1. The van der Waals surface area contributed by atoms with Crippen LogP contribution in [0.25, 0.3) is 0 Å². The largest absolute Gasteiger partial charge is 0.381 e. The number of benzene rings is 1. The van der Waals surface area contributed by atoms with E-state index in [4.69, 9.17) is 14.7 Å². The number of rotatable bonds is 4. The first-order chi connectivity index (χ1) is 15.6. The van der Waals surface area contributed by atoms with Crippen LogP contribution >= 0.6 is 0 Å². The summed E-state index contributed by atoms with van der Waals surface area (Å²) in [5.41, 5.74) is 2.94. The van der Waals surface area contributed by atoms with Gasteiger partial charge in [-0.2, -0.15) is 0 Å². The Labute approximate surface area is 188 Å².